The summed E-state index contributed by atoms with van der Waals surface area (Å²) in [5.41, 5.74) is 6.02. The molecular weight excluding hydrogens is 288 g/mol. The molecule has 0 bridgehead atoms. The third-order valence-corrected chi connectivity index (χ3v) is 4.44. The number of hydrogen-bond acceptors (Lipinski definition) is 3. The monoisotopic (exact) mass is 310 g/mol. The van der Waals surface area contributed by atoms with Crippen LogP contribution in [0.3, 0.4) is 0 Å². The molecule has 0 spiro atoms. The van der Waals surface area contributed by atoms with Crippen molar-refractivity contribution in [2.45, 2.75) is 38.8 Å². The van der Waals surface area contributed by atoms with Crippen LogP contribution < -0.4 is 10.5 Å². The minimum Gasteiger partial charge on any atom is -0.487 e. The van der Waals surface area contributed by atoms with Crippen molar-refractivity contribution in [3.63, 3.8) is 0 Å². The van der Waals surface area contributed by atoms with Gasteiger partial charge in [0, 0.05) is 13.0 Å². The molecule has 0 aromatic heterocycles. The highest BCUT2D eigenvalue weighted by molar-refractivity contribution is 6.32. The molecule has 4 nitrogen and oxygen atoms in total. The van der Waals surface area contributed by atoms with Crippen molar-refractivity contribution in [2.75, 3.05) is 13.1 Å². The summed E-state index contributed by atoms with van der Waals surface area (Å²) in [6.45, 7) is 5.33. The van der Waals surface area contributed by atoms with E-state index in [2.05, 4.69) is 0 Å². The van der Waals surface area contributed by atoms with Crippen molar-refractivity contribution < 1.29 is 9.53 Å². The van der Waals surface area contributed by atoms with Gasteiger partial charge in [0.25, 0.3) is 0 Å². The number of nitrogens with two attached hydrogens (primary N) is 1. The maximum Gasteiger partial charge on any atom is 0.239 e. The van der Waals surface area contributed by atoms with Crippen molar-refractivity contribution in [2.24, 2.45) is 11.7 Å². The molecule has 1 aliphatic heterocycles. The van der Waals surface area contributed by atoms with Crippen molar-refractivity contribution in [1.29, 1.82) is 0 Å². The Balaban J connectivity index is 1.92. The van der Waals surface area contributed by atoms with E-state index < -0.39 is 6.04 Å². The molecule has 1 saturated heterocycles. The lowest BCUT2D eigenvalue weighted by atomic mass is 9.99. The van der Waals surface area contributed by atoms with Crippen LogP contribution in [0.2, 0.25) is 5.02 Å². The summed E-state index contributed by atoms with van der Waals surface area (Å²) in [4.78, 5) is 14.1. The van der Waals surface area contributed by atoms with E-state index in [1.807, 2.05) is 32.0 Å². The Bertz CT molecular complexity index is 495. The lowest BCUT2D eigenvalue weighted by Crippen LogP contribution is -2.46. The van der Waals surface area contributed by atoms with Crippen molar-refractivity contribution in [3.05, 3.63) is 29.3 Å². The molecule has 116 valence electrons. The van der Waals surface area contributed by atoms with Gasteiger partial charge in [-0.1, -0.05) is 44.0 Å². The van der Waals surface area contributed by atoms with E-state index in [9.17, 15) is 4.79 Å². The number of amides is 1. The number of nitrogens with zero attached hydrogens (tertiary/aromatic N) is 1. The van der Waals surface area contributed by atoms with Gasteiger partial charge in [0.2, 0.25) is 5.91 Å². The molecule has 1 aromatic carbocycles. The predicted octanol–water partition coefficient (Wildman–Crippen LogP) is 2.69. The van der Waals surface area contributed by atoms with Crippen LogP contribution in [0, 0.1) is 5.92 Å². The molecule has 1 heterocycles. The second-order valence-electron chi connectivity index (χ2n) is 5.65. The minimum atomic E-state index is -0.422. The maximum absolute atomic E-state index is 12.3. The van der Waals surface area contributed by atoms with Crippen LogP contribution in [-0.4, -0.2) is 36.0 Å². The first-order valence-electron chi connectivity index (χ1n) is 7.48. The number of benzene rings is 1. The fourth-order valence-corrected chi connectivity index (χ4v) is 2.63. The highest BCUT2D eigenvalue weighted by atomic mass is 35.5. The fraction of sp³-hybridized carbons (Fsp3) is 0.562. The van der Waals surface area contributed by atoms with Crippen LogP contribution in [0.5, 0.6) is 5.75 Å². The van der Waals surface area contributed by atoms with Crippen LogP contribution in [0.4, 0.5) is 0 Å². The SMILES string of the molecule is CCC(C)C(N)C(=O)N1CCC(Oc2ccccc2Cl)C1. The summed E-state index contributed by atoms with van der Waals surface area (Å²) in [7, 11) is 0. The summed E-state index contributed by atoms with van der Waals surface area (Å²) in [5, 5.41) is 0.596. The first-order chi connectivity index (χ1) is 10.0. The molecule has 0 saturated carbocycles. The number of rotatable bonds is 5. The molecule has 3 unspecified atom stereocenters. The Morgan fingerprint density at radius 1 is 1.52 bits per heavy atom. The van der Waals surface area contributed by atoms with Gasteiger partial charge in [-0.25, -0.2) is 0 Å². The molecular formula is C16H23ClN2O2. The van der Waals surface area contributed by atoms with Crippen LogP contribution >= 0.6 is 11.6 Å². The minimum absolute atomic E-state index is 0.0158. The predicted molar refractivity (Wildman–Crippen MR) is 84.5 cm³/mol. The zero-order valence-electron chi connectivity index (χ0n) is 12.6. The third kappa shape index (κ3) is 3.89. The Labute approximate surface area is 131 Å². The van der Waals surface area contributed by atoms with Crippen molar-refractivity contribution >= 4 is 17.5 Å². The largest absolute Gasteiger partial charge is 0.487 e. The maximum atomic E-state index is 12.3. The highest BCUT2D eigenvalue weighted by Crippen LogP contribution is 2.26. The van der Waals surface area contributed by atoms with Gasteiger partial charge >= 0.3 is 0 Å². The Morgan fingerprint density at radius 3 is 2.90 bits per heavy atom. The summed E-state index contributed by atoms with van der Waals surface area (Å²) in [5.74, 6) is 0.889. The standard InChI is InChI=1S/C16H23ClN2O2/c1-3-11(2)15(18)16(20)19-9-8-12(10-19)21-14-7-5-4-6-13(14)17/h4-7,11-12,15H,3,8-10,18H2,1-2H3. The first kappa shape index (κ1) is 16.1. The summed E-state index contributed by atoms with van der Waals surface area (Å²) < 4.78 is 5.89. The third-order valence-electron chi connectivity index (χ3n) is 4.13. The van der Waals surface area contributed by atoms with Crippen LogP contribution in [-0.2, 0) is 4.79 Å². The quantitative estimate of drug-likeness (QED) is 0.909. The smallest absolute Gasteiger partial charge is 0.239 e. The van der Waals surface area contributed by atoms with Gasteiger partial charge in [-0.2, -0.15) is 0 Å². The molecule has 0 aliphatic carbocycles. The molecule has 2 N–H and O–H groups in total. The van der Waals surface area contributed by atoms with Crippen LogP contribution in [0.15, 0.2) is 24.3 Å². The van der Waals surface area contributed by atoms with Gasteiger partial charge in [0.1, 0.15) is 11.9 Å². The van der Waals surface area contributed by atoms with Gasteiger partial charge in [0.15, 0.2) is 0 Å². The van der Waals surface area contributed by atoms with E-state index in [1.54, 1.807) is 11.0 Å². The molecule has 3 atom stereocenters. The zero-order chi connectivity index (χ0) is 15.4. The number of likely N-dealkylation sites (tertiary alicyclic amines) is 1. The van der Waals surface area contributed by atoms with E-state index in [1.165, 1.54) is 0 Å². The molecule has 1 aliphatic rings. The molecule has 0 radical (unpaired) electrons. The van der Waals surface area contributed by atoms with Gasteiger partial charge in [-0.05, 0) is 18.1 Å². The Morgan fingerprint density at radius 2 is 2.24 bits per heavy atom. The van der Waals surface area contributed by atoms with Crippen molar-refractivity contribution in [1.82, 2.24) is 4.90 Å². The number of para-hydroxylation sites is 1. The van der Waals surface area contributed by atoms with Gasteiger partial charge in [-0.15, -0.1) is 0 Å². The summed E-state index contributed by atoms with van der Waals surface area (Å²) in [6.07, 6.45) is 1.70. The van der Waals surface area contributed by atoms with E-state index >= 15 is 0 Å². The van der Waals surface area contributed by atoms with E-state index in [-0.39, 0.29) is 17.9 Å². The van der Waals surface area contributed by atoms with Gasteiger partial charge in [-0.3, -0.25) is 4.79 Å². The fourth-order valence-electron chi connectivity index (χ4n) is 2.45. The average molecular weight is 311 g/mol. The molecule has 1 aromatic rings. The number of halogens is 1. The Kier molecular flexibility index (Phi) is 5.48. The molecule has 1 fully saturated rings. The number of hydrogen-bond donors (Lipinski definition) is 1. The summed E-state index contributed by atoms with van der Waals surface area (Å²) in [6, 6.07) is 6.97. The number of ether oxygens (including phenoxy) is 1. The van der Waals surface area contributed by atoms with Crippen LogP contribution in [0.25, 0.3) is 0 Å². The lowest BCUT2D eigenvalue weighted by Gasteiger charge is -2.24. The van der Waals surface area contributed by atoms with E-state index in [4.69, 9.17) is 22.1 Å². The van der Waals surface area contributed by atoms with E-state index in [0.717, 1.165) is 12.8 Å². The first-order valence-corrected chi connectivity index (χ1v) is 7.86. The van der Waals surface area contributed by atoms with Crippen LogP contribution in [0.1, 0.15) is 26.7 Å². The topological polar surface area (TPSA) is 55.6 Å². The average Bonchev–Trinajstić information content (AvgIpc) is 2.95. The van der Waals surface area contributed by atoms with E-state index in [0.29, 0.717) is 23.9 Å². The second-order valence-corrected chi connectivity index (χ2v) is 6.06. The van der Waals surface area contributed by atoms with Gasteiger partial charge < -0.3 is 15.4 Å². The molecule has 1 amide bonds. The number of carbonyl (C=O) groups is 1. The Hall–Kier alpha value is -1.26. The lowest BCUT2D eigenvalue weighted by molar-refractivity contribution is -0.132. The van der Waals surface area contributed by atoms with Gasteiger partial charge in [0.05, 0.1) is 17.6 Å². The normalized spacial score (nSPS) is 21.1. The molecule has 5 heteroatoms. The second kappa shape index (κ2) is 7.14. The highest BCUT2D eigenvalue weighted by Gasteiger charge is 2.32. The molecule has 2 rings (SSSR count). The molecule has 21 heavy (non-hydrogen) atoms. The van der Waals surface area contributed by atoms with Crippen molar-refractivity contribution in [3.8, 4) is 5.75 Å². The number of carbonyl (C=O) groups excluding carboxylic acids is 1. The zero-order valence-corrected chi connectivity index (χ0v) is 13.3. The summed E-state index contributed by atoms with van der Waals surface area (Å²) >= 11 is 6.09.